The topological polar surface area (TPSA) is 91.4 Å². The summed E-state index contributed by atoms with van der Waals surface area (Å²) in [7, 11) is -3.18. The highest BCUT2D eigenvalue weighted by Gasteiger charge is 2.26. The zero-order chi connectivity index (χ0) is 16.7. The van der Waals surface area contributed by atoms with E-state index in [0.717, 1.165) is 31.1 Å². The molecule has 1 atom stereocenters. The van der Waals surface area contributed by atoms with E-state index in [1.807, 2.05) is 17.0 Å². The Morgan fingerprint density at radius 1 is 1.43 bits per heavy atom. The normalized spacial score (nSPS) is 18.7. The number of carbonyl (C=O) groups excluding carboxylic acids is 1. The predicted molar refractivity (Wildman–Crippen MR) is 88.3 cm³/mol. The third-order valence-electron chi connectivity index (χ3n) is 3.90. The maximum absolute atomic E-state index is 12.4. The van der Waals surface area contributed by atoms with E-state index in [2.05, 4.69) is 15.0 Å². The molecule has 1 saturated heterocycles. The van der Waals surface area contributed by atoms with Crippen molar-refractivity contribution in [3.8, 4) is 0 Å². The van der Waals surface area contributed by atoms with Gasteiger partial charge in [0.1, 0.15) is 0 Å². The predicted octanol–water partition coefficient (Wildman–Crippen LogP) is 1.08. The van der Waals surface area contributed by atoms with Gasteiger partial charge in [0.15, 0.2) is 0 Å². The van der Waals surface area contributed by atoms with Crippen LogP contribution in [0.3, 0.4) is 0 Å². The SMILES string of the molecule is CS(=O)(=O)NCC[C@H]1CCCCN1C(=O)NCc1cccnc1. The quantitative estimate of drug-likeness (QED) is 0.811. The molecule has 2 amide bonds. The number of pyridine rings is 1. The number of likely N-dealkylation sites (tertiary alicyclic amines) is 1. The van der Waals surface area contributed by atoms with Crippen LogP contribution in [0.4, 0.5) is 4.79 Å². The molecule has 0 aliphatic carbocycles. The summed E-state index contributed by atoms with van der Waals surface area (Å²) in [6.07, 6.45) is 8.16. The van der Waals surface area contributed by atoms with Gasteiger partial charge in [0, 0.05) is 38.1 Å². The van der Waals surface area contributed by atoms with E-state index >= 15 is 0 Å². The summed E-state index contributed by atoms with van der Waals surface area (Å²) < 4.78 is 24.8. The average Bonchev–Trinajstić information content (AvgIpc) is 2.53. The second-order valence-electron chi connectivity index (χ2n) is 5.82. The fourth-order valence-corrected chi connectivity index (χ4v) is 3.25. The lowest BCUT2D eigenvalue weighted by Crippen LogP contribution is -2.49. The van der Waals surface area contributed by atoms with Crippen molar-refractivity contribution in [2.75, 3.05) is 19.3 Å². The van der Waals surface area contributed by atoms with Gasteiger partial charge in [-0.1, -0.05) is 6.07 Å². The summed E-state index contributed by atoms with van der Waals surface area (Å²) in [6, 6.07) is 3.73. The van der Waals surface area contributed by atoms with Gasteiger partial charge in [-0.2, -0.15) is 0 Å². The first-order valence-electron chi connectivity index (χ1n) is 7.84. The lowest BCUT2D eigenvalue weighted by atomic mass is 10.00. The molecular formula is C15H24N4O3S. The van der Waals surface area contributed by atoms with E-state index in [1.165, 1.54) is 0 Å². The number of amides is 2. The summed E-state index contributed by atoms with van der Waals surface area (Å²) in [5.41, 5.74) is 0.952. The van der Waals surface area contributed by atoms with E-state index in [4.69, 9.17) is 0 Å². The first-order valence-corrected chi connectivity index (χ1v) is 9.73. The molecule has 1 aliphatic rings. The number of hydrogen-bond acceptors (Lipinski definition) is 4. The second kappa shape index (κ2) is 8.26. The van der Waals surface area contributed by atoms with E-state index in [-0.39, 0.29) is 12.1 Å². The number of nitrogens with zero attached hydrogens (tertiary/aromatic N) is 2. The Morgan fingerprint density at radius 3 is 2.96 bits per heavy atom. The van der Waals surface area contributed by atoms with Gasteiger partial charge in [0.25, 0.3) is 0 Å². The molecule has 0 unspecified atom stereocenters. The Morgan fingerprint density at radius 2 is 2.26 bits per heavy atom. The molecule has 1 aromatic rings. The van der Waals surface area contributed by atoms with Crippen LogP contribution >= 0.6 is 0 Å². The van der Waals surface area contributed by atoms with Crippen molar-refractivity contribution in [2.45, 2.75) is 38.3 Å². The van der Waals surface area contributed by atoms with Crippen molar-refractivity contribution in [1.82, 2.24) is 19.9 Å². The van der Waals surface area contributed by atoms with Crippen LogP contribution in [0.25, 0.3) is 0 Å². The van der Waals surface area contributed by atoms with Crippen LogP contribution in [0.15, 0.2) is 24.5 Å². The number of piperidine rings is 1. The van der Waals surface area contributed by atoms with Crippen molar-refractivity contribution in [3.05, 3.63) is 30.1 Å². The van der Waals surface area contributed by atoms with Gasteiger partial charge in [-0.05, 0) is 37.3 Å². The van der Waals surface area contributed by atoms with Crippen molar-refractivity contribution < 1.29 is 13.2 Å². The highest BCUT2D eigenvalue weighted by Crippen LogP contribution is 2.19. The molecule has 1 aliphatic heterocycles. The zero-order valence-electron chi connectivity index (χ0n) is 13.4. The van der Waals surface area contributed by atoms with Gasteiger partial charge in [0.2, 0.25) is 10.0 Å². The Labute approximate surface area is 137 Å². The summed E-state index contributed by atoms with van der Waals surface area (Å²) in [6.45, 7) is 1.51. The van der Waals surface area contributed by atoms with E-state index < -0.39 is 10.0 Å². The Bertz CT molecular complexity index is 606. The number of urea groups is 1. The Balaban J connectivity index is 1.85. The van der Waals surface area contributed by atoms with E-state index in [9.17, 15) is 13.2 Å². The Kier molecular flexibility index (Phi) is 6.35. The monoisotopic (exact) mass is 340 g/mol. The molecule has 1 fully saturated rings. The summed E-state index contributed by atoms with van der Waals surface area (Å²) in [5, 5.41) is 2.91. The highest BCUT2D eigenvalue weighted by molar-refractivity contribution is 7.88. The van der Waals surface area contributed by atoms with Gasteiger partial charge >= 0.3 is 6.03 Å². The fraction of sp³-hybridized carbons (Fsp3) is 0.600. The first-order chi connectivity index (χ1) is 11.0. The Hall–Kier alpha value is -1.67. The second-order valence-corrected chi connectivity index (χ2v) is 7.65. The molecule has 0 spiro atoms. The summed E-state index contributed by atoms with van der Waals surface area (Å²) in [5.74, 6) is 0. The van der Waals surface area contributed by atoms with Crippen molar-refractivity contribution in [2.24, 2.45) is 0 Å². The largest absolute Gasteiger partial charge is 0.334 e. The lowest BCUT2D eigenvalue weighted by Gasteiger charge is -2.35. The van der Waals surface area contributed by atoms with Crippen LogP contribution in [0.5, 0.6) is 0 Å². The molecule has 8 heteroatoms. The number of hydrogen-bond donors (Lipinski definition) is 2. The molecule has 0 bridgehead atoms. The van der Waals surface area contributed by atoms with E-state index in [1.54, 1.807) is 12.4 Å². The molecule has 1 aromatic heterocycles. The minimum Gasteiger partial charge on any atom is -0.334 e. The minimum absolute atomic E-state index is 0.0758. The summed E-state index contributed by atoms with van der Waals surface area (Å²) >= 11 is 0. The van der Waals surface area contributed by atoms with Crippen LogP contribution in [0.1, 0.15) is 31.2 Å². The maximum Gasteiger partial charge on any atom is 0.317 e. The average molecular weight is 340 g/mol. The number of carbonyl (C=O) groups is 1. The third kappa shape index (κ3) is 6.15. The zero-order valence-corrected chi connectivity index (χ0v) is 14.2. The van der Waals surface area contributed by atoms with Crippen molar-refractivity contribution in [3.63, 3.8) is 0 Å². The lowest BCUT2D eigenvalue weighted by molar-refractivity contribution is 0.147. The van der Waals surface area contributed by atoms with Crippen LogP contribution in [0, 0.1) is 0 Å². The molecule has 128 valence electrons. The molecular weight excluding hydrogens is 316 g/mol. The third-order valence-corrected chi connectivity index (χ3v) is 4.62. The number of nitrogens with one attached hydrogen (secondary N) is 2. The van der Waals surface area contributed by atoms with Gasteiger partial charge < -0.3 is 10.2 Å². The van der Waals surface area contributed by atoms with Crippen LogP contribution < -0.4 is 10.0 Å². The van der Waals surface area contributed by atoms with E-state index in [0.29, 0.717) is 26.1 Å². The standard InChI is InChI=1S/C15H24N4O3S/c1-23(21,22)18-9-7-14-6-2-3-10-19(14)15(20)17-12-13-5-4-8-16-11-13/h4-5,8,11,14,18H,2-3,6-7,9-10,12H2,1H3,(H,17,20)/t14-/m1/s1. The molecule has 23 heavy (non-hydrogen) atoms. The minimum atomic E-state index is -3.18. The molecule has 0 aromatic carbocycles. The first kappa shape index (κ1) is 17.7. The van der Waals surface area contributed by atoms with Crippen LogP contribution in [-0.4, -0.2) is 49.7 Å². The van der Waals surface area contributed by atoms with Crippen molar-refractivity contribution >= 4 is 16.1 Å². The highest BCUT2D eigenvalue weighted by atomic mass is 32.2. The molecule has 2 N–H and O–H groups in total. The summed E-state index contributed by atoms with van der Waals surface area (Å²) in [4.78, 5) is 18.2. The maximum atomic E-state index is 12.4. The smallest absolute Gasteiger partial charge is 0.317 e. The molecule has 0 radical (unpaired) electrons. The number of aromatic nitrogens is 1. The number of rotatable bonds is 6. The van der Waals surface area contributed by atoms with Gasteiger partial charge in [0.05, 0.1) is 6.26 Å². The molecule has 0 saturated carbocycles. The molecule has 2 heterocycles. The van der Waals surface area contributed by atoms with Gasteiger partial charge in [-0.15, -0.1) is 0 Å². The van der Waals surface area contributed by atoms with Crippen LogP contribution in [0.2, 0.25) is 0 Å². The van der Waals surface area contributed by atoms with Gasteiger partial charge in [-0.25, -0.2) is 17.9 Å². The molecule has 2 rings (SSSR count). The van der Waals surface area contributed by atoms with Gasteiger partial charge in [-0.3, -0.25) is 4.98 Å². The van der Waals surface area contributed by atoms with Crippen molar-refractivity contribution in [1.29, 1.82) is 0 Å². The fourth-order valence-electron chi connectivity index (χ4n) is 2.76. The van der Waals surface area contributed by atoms with Crippen LogP contribution in [-0.2, 0) is 16.6 Å². The number of sulfonamides is 1. The molecule has 7 nitrogen and oxygen atoms in total.